The third-order valence-electron chi connectivity index (χ3n) is 2.50. The van der Waals surface area contributed by atoms with Gasteiger partial charge in [0.15, 0.2) is 5.11 Å². The molecule has 0 spiro atoms. The van der Waals surface area contributed by atoms with Crippen molar-refractivity contribution in [2.75, 3.05) is 11.1 Å². The zero-order chi connectivity index (χ0) is 15.8. The van der Waals surface area contributed by atoms with Crippen LogP contribution >= 0.6 is 35.3 Å². The molecule has 4 nitrogen and oxygen atoms in total. The number of nitrogens with one attached hydrogen (secondary N) is 3. The number of thiophene rings is 1. The SMILES string of the molecule is O=C(CSCc1cccs1)NNC(=S)Nc1ccccc1F. The molecule has 0 aliphatic carbocycles. The largest absolute Gasteiger partial charge is 0.329 e. The molecule has 116 valence electrons. The Morgan fingerprint density at radius 1 is 1.23 bits per heavy atom. The Morgan fingerprint density at radius 3 is 2.77 bits per heavy atom. The number of benzene rings is 1. The molecule has 0 radical (unpaired) electrons. The Morgan fingerprint density at radius 2 is 2.05 bits per heavy atom. The maximum atomic E-state index is 13.4. The van der Waals surface area contributed by atoms with E-state index in [9.17, 15) is 9.18 Å². The smallest absolute Gasteiger partial charge is 0.248 e. The molecule has 0 aliphatic rings. The van der Waals surface area contributed by atoms with Crippen LogP contribution in [0.2, 0.25) is 0 Å². The summed E-state index contributed by atoms with van der Waals surface area (Å²) >= 11 is 8.16. The molecule has 0 saturated carbocycles. The minimum atomic E-state index is -0.413. The van der Waals surface area contributed by atoms with Crippen LogP contribution < -0.4 is 16.2 Å². The monoisotopic (exact) mass is 355 g/mol. The zero-order valence-electron chi connectivity index (χ0n) is 11.5. The summed E-state index contributed by atoms with van der Waals surface area (Å²) in [5, 5.41) is 4.80. The van der Waals surface area contributed by atoms with Crippen LogP contribution in [0.3, 0.4) is 0 Å². The van der Waals surface area contributed by atoms with Gasteiger partial charge in [0.25, 0.3) is 0 Å². The maximum absolute atomic E-state index is 13.4. The first-order valence-electron chi connectivity index (χ1n) is 6.35. The molecule has 1 aromatic heterocycles. The number of thioether (sulfide) groups is 1. The summed E-state index contributed by atoms with van der Waals surface area (Å²) in [5.41, 5.74) is 5.27. The highest BCUT2D eigenvalue weighted by Gasteiger charge is 2.05. The molecule has 0 bridgehead atoms. The number of halogens is 1. The lowest BCUT2D eigenvalue weighted by Gasteiger charge is -2.11. The molecule has 0 fully saturated rings. The standard InChI is InChI=1S/C14H14FN3OS3/c15-11-5-1-2-6-12(11)16-14(20)18-17-13(19)9-21-8-10-4-3-7-22-10/h1-7H,8-9H2,(H,17,19)(H2,16,18,20). The van der Waals surface area contributed by atoms with E-state index in [1.54, 1.807) is 29.5 Å². The number of anilines is 1. The second kappa shape index (κ2) is 8.72. The van der Waals surface area contributed by atoms with Crippen molar-refractivity contribution in [1.29, 1.82) is 0 Å². The van der Waals surface area contributed by atoms with E-state index in [0.29, 0.717) is 5.75 Å². The van der Waals surface area contributed by atoms with Gasteiger partial charge in [0.05, 0.1) is 11.4 Å². The van der Waals surface area contributed by atoms with Crippen molar-refractivity contribution in [3.63, 3.8) is 0 Å². The topological polar surface area (TPSA) is 53.2 Å². The average molecular weight is 355 g/mol. The van der Waals surface area contributed by atoms with Crippen molar-refractivity contribution >= 4 is 52.0 Å². The summed E-state index contributed by atoms with van der Waals surface area (Å²) in [5.74, 6) is 0.500. The Bertz CT molecular complexity index is 634. The molecule has 2 aromatic rings. The van der Waals surface area contributed by atoms with Gasteiger partial charge >= 0.3 is 0 Å². The molecular weight excluding hydrogens is 341 g/mol. The van der Waals surface area contributed by atoms with Gasteiger partial charge in [0.2, 0.25) is 5.91 Å². The molecule has 0 atom stereocenters. The summed E-state index contributed by atoms with van der Waals surface area (Å²) in [7, 11) is 0. The second-order valence-corrected chi connectivity index (χ2v) is 6.61. The minimum absolute atomic E-state index is 0.127. The Hall–Kier alpha value is -1.64. The lowest BCUT2D eigenvalue weighted by molar-refractivity contribution is -0.119. The van der Waals surface area contributed by atoms with Gasteiger partial charge in [0, 0.05) is 10.6 Å². The van der Waals surface area contributed by atoms with E-state index in [1.807, 2.05) is 17.5 Å². The minimum Gasteiger partial charge on any atom is -0.329 e. The molecule has 0 aliphatic heterocycles. The molecule has 8 heteroatoms. The van der Waals surface area contributed by atoms with Crippen molar-refractivity contribution in [1.82, 2.24) is 10.9 Å². The van der Waals surface area contributed by atoms with Crippen LogP contribution in [0.4, 0.5) is 10.1 Å². The summed E-state index contributed by atoms with van der Waals surface area (Å²) in [4.78, 5) is 12.9. The fraction of sp³-hybridized carbons (Fsp3) is 0.143. The van der Waals surface area contributed by atoms with Crippen LogP contribution in [0.25, 0.3) is 0 Å². The fourth-order valence-corrected chi connectivity index (χ4v) is 3.35. The number of amides is 1. The molecular formula is C14H14FN3OS3. The van der Waals surface area contributed by atoms with Crippen molar-refractivity contribution in [3.05, 3.63) is 52.5 Å². The van der Waals surface area contributed by atoms with Gasteiger partial charge in [-0.1, -0.05) is 18.2 Å². The van der Waals surface area contributed by atoms with E-state index in [4.69, 9.17) is 12.2 Å². The van der Waals surface area contributed by atoms with Gasteiger partial charge in [-0.3, -0.25) is 15.6 Å². The van der Waals surface area contributed by atoms with Crippen molar-refractivity contribution < 1.29 is 9.18 Å². The second-order valence-electron chi connectivity index (χ2n) is 4.18. The first kappa shape index (κ1) is 16.7. The molecule has 2 rings (SSSR count). The predicted octanol–water partition coefficient (Wildman–Crippen LogP) is 3.14. The van der Waals surface area contributed by atoms with Gasteiger partial charge in [-0.25, -0.2) is 4.39 Å². The Labute approximate surface area is 141 Å². The molecule has 3 N–H and O–H groups in total. The van der Waals surface area contributed by atoms with Gasteiger partial charge in [0.1, 0.15) is 5.82 Å². The number of hydrazine groups is 1. The highest BCUT2D eigenvalue weighted by atomic mass is 32.2. The van der Waals surface area contributed by atoms with Crippen LogP contribution in [0, 0.1) is 5.82 Å². The highest BCUT2D eigenvalue weighted by Crippen LogP contribution is 2.16. The summed E-state index contributed by atoms with van der Waals surface area (Å²) in [6.45, 7) is 0. The first-order valence-corrected chi connectivity index (χ1v) is 8.80. The van der Waals surface area contributed by atoms with Crippen LogP contribution in [0.5, 0.6) is 0 Å². The highest BCUT2D eigenvalue weighted by molar-refractivity contribution is 7.99. The van der Waals surface area contributed by atoms with Crippen molar-refractivity contribution in [3.8, 4) is 0 Å². The van der Waals surface area contributed by atoms with Crippen LogP contribution in [-0.2, 0) is 10.5 Å². The van der Waals surface area contributed by atoms with E-state index >= 15 is 0 Å². The number of para-hydroxylation sites is 1. The number of rotatable bonds is 5. The number of hydrogen-bond donors (Lipinski definition) is 3. The van der Waals surface area contributed by atoms with Crippen molar-refractivity contribution in [2.24, 2.45) is 0 Å². The van der Waals surface area contributed by atoms with Crippen LogP contribution in [-0.4, -0.2) is 16.8 Å². The molecule has 22 heavy (non-hydrogen) atoms. The normalized spacial score (nSPS) is 10.0. The van der Waals surface area contributed by atoms with Gasteiger partial charge in [-0.05, 0) is 35.8 Å². The van der Waals surface area contributed by atoms with E-state index in [2.05, 4.69) is 16.2 Å². The summed E-state index contributed by atoms with van der Waals surface area (Å²) in [6, 6.07) is 10.2. The quantitative estimate of drug-likeness (QED) is 0.568. The number of carbonyl (C=O) groups is 1. The molecule has 0 saturated heterocycles. The van der Waals surface area contributed by atoms with Crippen molar-refractivity contribution in [2.45, 2.75) is 5.75 Å². The third-order valence-corrected chi connectivity index (χ3v) is 4.74. The van der Waals surface area contributed by atoms with E-state index in [1.165, 1.54) is 22.7 Å². The molecule has 0 unspecified atom stereocenters. The first-order chi connectivity index (χ1) is 10.6. The Kier molecular flexibility index (Phi) is 6.63. The van der Waals surface area contributed by atoms with Gasteiger partial charge in [-0.15, -0.1) is 23.1 Å². The van der Waals surface area contributed by atoms with Crippen LogP contribution in [0.1, 0.15) is 4.88 Å². The van der Waals surface area contributed by atoms with E-state index < -0.39 is 5.82 Å². The maximum Gasteiger partial charge on any atom is 0.248 e. The lowest BCUT2D eigenvalue weighted by Crippen LogP contribution is -2.44. The van der Waals surface area contributed by atoms with Gasteiger partial charge < -0.3 is 5.32 Å². The van der Waals surface area contributed by atoms with E-state index in [0.717, 1.165) is 5.75 Å². The summed E-state index contributed by atoms with van der Waals surface area (Å²) in [6.07, 6.45) is 0. The molecule has 1 amide bonds. The Balaban J connectivity index is 1.65. The fourth-order valence-electron chi connectivity index (χ4n) is 1.52. The van der Waals surface area contributed by atoms with Crippen LogP contribution in [0.15, 0.2) is 41.8 Å². The number of thiocarbonyl (C=S) groups is 1. The average Bonchev–Trinajstić information content (AvgIpc) is 3.01. The lowest BCUT2D eigenvalue weighted by atomic mass is 10.3. The zero-order valence-corrected chi connectivity index (χ0v) is 13.9. The number of carbonyl (C=O) groups excluding carboxylic acids is 1. The number of hydrogen-bond acceptors (Lipinski definition) is 4. The van der Waals surface area contributed by atoms with Gasteiger partial charge in [-0.2, -0.15) is 0 Å². The summed E-state index contributed by atoms with van der Waals surface area (Å²) < 4.78 is 13.4. The molecule has 1 aromatic carbocycles. The molecule has 1 heterocycles. The van der Waals surface area contributed by atoms with E-state index in [-0.39, 0.29) is 16.7 Å². The third kappa shape index (κ3) is 5.63. The predicted molar refractivity (Wildman–Crippen MR) is 94.4 cm³/mol.